The fourth-order valence-corrected chi connectivity index (χ4v) is 1.99. The van der Waals surface area contributed by atoms with Crippen LogP contribution in [0.2, 0.25) is 0 Å². The maximum absolute atomic E-state index is 12.2. The molecular weight excluding hydrogens is 270 g/mol. The van der Waals surface area contributed by atoms with Gasteiger partial charge in [0.1, 0.15) is 6.54 Å². The number of carbonyl (C=O) groups is 2. The Kier molecular flexibility index (Phi) is 6.68. The van der Waals surface area contributed by atoms with Gasteiger partial charge in [-0.1, -0.05) is 26.0 Å². The molecule has 0 aromatic heterocycles. The molecule has 0 fully saturated rings. The third-order valence-electron chi connectivity index (χ3n) is 2.76. The lowest BCUT2D eigenvalue weighted by Gasteiger charge is -2.23. The van der Waals surface area contributed by atoms with Crippen molar-refractivity contribution in [2.75, 3.05) is 25.5 Å². The van der Waals surface area contributed by atoms with Crippen molar-refractivity contribution in [3.05, 3.63) is 29.8 Å². The average Bonchev–Trinajstić information content (AvgIpc) is 2.37. The standard InChI is InChI=1S/C15H23N3O3/c1-11(2)9-18(10-14(19)20)15(21)17-13-6-4-5-12(7-13)8-16-3/h4-7,11,16H,8-10H2,1-3H3,(H,17,21)(H,19,20). The topological polar surface area (TPSA) is 81.7 Å². The number of anilines is 1. The fraction of sp³-hybridized carbons (Fsp3) is 0.467. The Hall–Kier alpha value is -2.08. The number of nitrogens with zero attached hydrogens (tertiary/aromatic N) is 1. The molecule has 0 bridgehead atoms. The van der Waals surface area contributed by atoms with E-state index in [1.54, 1.807) is 6.07 Å². The smallest absolute Gasteiger partial charge is 0.323 e. The zero-order valence-corrected chi connectivity index (χ0v) is 12.7. The van der Waals surface area contributed by atoms with Gasteiger partial charge in [-0.05, 0) is 30.7 Å². The maximum Gasteiger partial charge on any atom is 0.323 e. The van der Waals surface area contributed by atoms with E-state index in [0.717, 1.165) is 5.56 Å². The second-order valence-electron chi connectivity index (χ2n) is 5.33. The van der Waals surface area contributed by atoms with E-state index in [1.807, 2.05) is 39.1 Å². The lowest BCUT2D eigenvalue weighted by atomic mass is 10.2. The van der Waals surface area contributed by atoms with Gasteiger partial charge in [-0.25, -0.2) is 4.79 Å². The number of nitrogens with one attached hydrogen (secondary N) is 2. The van der Waals surface area contributed by atoms with Crippen molar-refractivity contribution in [3.8, 4) is 0 Å². The highest BCUT2D eigenvalue weighted by molar-refractivity contribution is 5.91. The van der Waals surface area contributed by atoms with E-state index in [1.165, 1.54) is 4.90 Å². The van der Waals surface area contributed by atoms with Crippen LogP contribution in [0.4, 0.5) is 10.5 Å². The van der Waals surface area contributed by atoms with E-state index < -0.39 is 12.0 Å². The van der Waals surface area contributed by atoms with Gasteiger partial charge >= 0.3 is 12.0 Å². The van der Waals surface area contributed by atoms with Crippen molar-refractivity contribution in [1.82, 2.24) is 10.2 Å². The number of carboxylic acids is 1. The average molecular weight is 293 g/mol. The number of aliphatic carboxylic acids is 1. The van der Waals surface area contributed by atoms with Gasteiger partial charge in [-0.3, -0.25) is 4.79 Å². The van der Waals surface area contributed by atoms with Crippen LogP contribution in [0.5, 0.6) is 0 Å². The van der Waals surface area contributed by atoms with Crippen LogP contribution in [-0.2, 0) is 11.3 Å². The van der Waals surface area contributed by atoms with Gasteiger partial charge in [0, 0.05) is 18.8 Å². The normalized spacial score (nSPS) is 10.5. The number of amides is 2. The summed E-state index contributed by atoms with van der Waals surface area (Å²) >= 11 is 0. The Bertz CT molecular complexity index is 489. The first-order valence-corrected chi connectivity index (χ1v) is 6.93. The molecule has 0 atom stereocenters. The molecule has 1 aromatic carbocycles. The highest BCUT2D eigenvalue weighted by Crippen LogP contribution is 2.12. The highest BCUT2D eigenvalue weighted by atomic mass is 16.4. The Morgan fingerprint density at radius 1 is 1.33 bits per heavy atom. The van der Waals surface area contributed by atoms with E-state index in [-0.39, 0.29) is 12.5 Å². The molecule has 1 aromatic rings. The first-order valence-electron chi connectivity index (χ1n) is 6.93. The predicted octanol–water partition coefficient (Wildman–Crippen LogP) is 1.98. The van der Waals surface area contributed by atoms with Crippen LogP contribution in [-0.4, -0.2) is 42.1 Å². The summed E-state index contributed by atoms with van der Waals surface area (Å²) in [6.07, 6.45) is 0. The minimum Gasteiger partial charge on any atom is -0.480 e. The Labute approximate surface area is 125 Å². The van der Waals surface area contributed by atoms with Gasteiger partial charge in [-0.2, -0.15) is 0 Å². The summed E-state index contributed by atoms with van der Waals surface area (Å²) in [7, 11) is 1.85. The summed E-state index contributed by atoms with van der Waals surface area (Å²) in [4.78, 5) is 24.3. The van der Waals surface area contributed by atoms with Gasteiger partial charge in [0.05, 0.1) is 0 Å². The Morgan fingerprint density at radius 3 is 2.62 bits per heavy atom. The minimum absolute atomic E-state index is 0.200. The molecule has 0 aliphatic rings. The summed E-state index contributed by atoms with van der Waals surface area (Å²) in [5.74, 6) is -0.819. The lowest BCUT2D eigenvalue weighted by Crippen LogP contribution is -2.40. The molecule has 0 aliphatic heterocycles. The second-order valence-corrected chi connectivity index (χ2v) is 5.33. The molecule has 0 saturated carbocycles. The van der Waals surface area contributed by atoms with Crippen LogP contribution in [0.1, 0.15) is 19.4 Å². The molecule has 3 N–H and O–H groups in total. The van der Waals surface area contributed by atoms with Crippen molar-refractivity contribution < 1.29 is 14.7 Å². The van der Waals surface area contributed by atoms with Crippen molar-refractivity contribution in [2.24, 2.45) is 5.92 Å². The SMILES string of the molecule is CNCc1cccc(NC(=O)N(CC(=O)O)CC(C)C)c1. The van der Waals surface area contributed by atoms with Crippen LogP contribution in [0.15, 0.2) is 24.3 Å². The number of rotatable bonds is 7. The third kappa shape index (κ3) is 6.27. The molecular formula is C15H23N3O3. The van der Waals surface area contributed by atoms with E-state index in [4.69, 9.17) is 5.11 Å². The lowest BCUT2D eigenvalue weighted by molar-refractivity contribution is -0.137. The second kappa shape index (κ2) is 8.26. The Morgan fingerprint density at radius 2 is 2.05 bits per heavy atom. The summed E-state index contributed by atoms with van der Waals surface area (Å²) in [5.41, 5.74) is 1.70. The van der Waals surface area contributed by atoms with Crippen LogP contribution in [0.3, 0.4) is 0 Å². The molecule has 21 heavy (non-hydrogen) atoms. The van der Waals surface area contributed by atoms with Crippen LogP contribution in [0, 0.1) is 5.92 Å². The van der Waals surface area contributed by atoms with E-state index in [2.05, 4.69) is 10.6 Å². The number of benzene rings is 1. The molecule has 0 radical (unpaired) electrons. The third-order valence-corrected chi connectivity index (χ3v) is 2.76. The number of carbonyl (C=O) groups excluding carboxylic acids is 1. The van der Waals surface area contributed by atoms with E-state index in [9.17, 15) is 9.59 Å². The molecule has 0 aliphatic carbocycles. The molecule has 2 amide bonds. The molecule has 116 valence electrons. The molecule has 6 heteroatoms. The van der Waals surface area contributed by atoms with E-state index in [0.29, 0.717) is 18.8 Å². The summed E-state index contributed by atoms with van der Waals surface area (Å²) in [6.45, 7) is 4.68. The Balaban J connectivity index is 2.75. The van der Waals surface area contributed by atoms with Crippen molar-refractivity contribution >= 4 is 17.7 Å². The highest BCUT2D eigenvalue weighted by Gasteiger charge is 2.18. The first-order chi connectivity index (χ1) is 9.92. The summed E-state index contributed by atoms with van der Waals surface area (Å²) < 4.78 is 0. The zero-order valence-electron chi connectivity index (χ0n) is 12.7. The molecule has 0 heterocycles. The van der Waals surface area contributed by atoms with Crippen LogP contribution in [0.25, 0.3) is 0 Å². The summed E-state index contributed by atoms with van der Waals surface area (Å²) in [5, 5.41) is 14.7. The maximum atomic E-state index is 12.2. The molecule has 6 nitrogen and oxygen atoms in total. The van der Waals surface area contributed by atoms with Crippen molar-refractivity contribution in [1.29, 1.82) is 0 Å². The molecule has 0 unspecified atom stereocenters. The van der Waals surface area contributed by atoms with Gasteiger partial charge in [0.2, 0.25) is 0 Å². The summed E-state index contributed by atoms with van der Waals surface area (Å²) in [6, 6.07) is 7.06. The van der Waals surface area contributed by atoms with Crippen molar-refractivity contribution in [2.45, 2.75) is 20.4 Å². The minimum atomic E-state index is -1.02. The fourth-order valence-electron chi connectivity index (χ4n) is 1.99. The number of hydrogen-bond donors (Lipinski definition) is 3. The van der Waals surface area contributed by atoms with Gasteiger partial charge in [0.25, 0.3) is 0 Å². The zero-order chi connectivity index (χ0) is 15.8. The monoisotopic (exact) mass is 293 g/mol. The molecule has 0 saturated heterocycles. The first kappa shape index (κ1) is 17.0. The quantitative estimate of drug-likeness (QED) is 0.718. The van der Waals surface area contributed by atoms with E-state index >= 15 is 0 Å². The van der Waals surface area contributed by atoms with Gasteiger partial charge < -0.3 is 20.6 Å². The predicted molar refractivity (Wildman–Crippen MR) is 82.3 cm³/mol. The van der Waals surface area contributed by atoms with Crippen molar-refractivity contribution in [3.63, 3.8) is 0 Å². The van der Waals surface area contributed by atoms with Gasteiger partial charge in [0.15, 0.2) is 0 Å². The number of urea groups is 1. The molecule has 1 rings (SSSR count). The van der Waals surface area contributed by atoms with Crippen LogP contribution >= 0.6 is 0 Å². The number of hydrogen-bond acceptors (Lipinski definition) is 3. The van der Waals surface area contributed by atoms with Gasteiger partial charge in [-0.15, -0.1) is 0 Å². The number of carboxylic acid groups (broad SMARTS) is 1. The van der Waals surface area contributed by atoms with Crippen LogP contribution < -0.4 is 10.6 Å². The largest absolute Gasteiger partial charge is 0.480 e. The molecule has 0 spiro atoms.